The molecule has 1 atom stereocenters. The Morgan fingerprint density at radius 1 is 1.50 bits per heavy atom. The molecule has 2 N–H and O–H groups in total. The SMILES string of the molecule is Cc1cc(C(=O)N[C@@H]2CCCNC2)ccc1Br.Cl. The zero-order valence-electron chi connectivity index (χ0n) is 10.3. The molecule has 18 heavy (non-hydrogen) atoms. The minimum absolute atomic E-state index is 0. The summed E-state index contributed by atoms with van der Waals surface area (Å²) in [7, 11) is 0. The number of carbonyl (C=O) groups excluding carboxylic acids is 1. The normalized spacial score (nSPS) is 18.9. The molecule has 1 fully saturated rings. The summed E-state index contributed by atoms with van der Waals surface area (Å²) in [6, 6.07) is 5.95. The predicted octanol–water partition coefficient (Wildman–Crippen LogP) is 2.66. The van der Waals surface area contributed by atoms with Gasteiger partial charge in [0.05, 0.1) is 0 Å². The van der Waals surface area contributed by atoms with Crippen LogP contribution in [0.15, 0.2) is 22.7 Å². The van der Waals surface area contributed by atoms with Gasteiger partial charge in [-0.1, -0.05) is 15.9 Å². The molecule has 1 amide bonds. The van der Waals surface area contributed by atoms with Crippen molar-refractivity contribution >= 4 is 34.2 Å². The lowest BCUT2D eigenvalue weighted by Crippen LogP contribution is -2.45. The topological polar surface area (TPSA) is 41.1 Å². The Morgan fingerprint density at radius 3 is 2.89 bits per heavy atom. The van der Waals surface area contributed by atoms with Crippen molar-refractivity contribution in [2.45, 2.75) is 25.8 Å². The second-order valence-electron chi connectivity index (χ2n) is 4.48. The van der Waals surface area contributed by atoms with Gasteiger partial charge in [0.25, 0.3) is 5.91 Å². The third-order valence-corrected chi connectivity index (χ3v) is 3.94. The van der Waals surface area contributed by atoms with E-state index in [2.05, 4.69) is 26.6 Å². The van der Waals surface area contributed by atoms with Gasteiger partial charge in [-0.3, -0.25) is 4.79 Å². The van der Waals surface area contributed by atoms with Gasteiger partial charge in [-0.25, -0.2) is 0 Å². The molecule has 0 unspecified atom stereocenters. The Bertz CT molecular complexity index is 419. The zero-order chi connectivity index (χ0) is 12.3. The van der Waals surface area contributed by atoms with E-state index in [1.54, 1.807) is 0 Å². The van der Waals surface area contributed by atoms with Gasteiger partial charge in [0.2, 0.25) is 0 Å². The highest BCUT2D eigenvalue weighted by Crippen LogP contribution is 2.17. The molecule has 0 aliphatic carbocycles. The van der Waals surface area contributed by atoms with Gasteiger partial charge in [-0.15, -0.1) is 12.4 Å². The summed E-state index contributed by atoms with van der Waals surface area (Å²) >= 11 is 3.44. The maximum atomic E-state index is 12.0. The average molecular weight is 334 g/mol. The summed E-state index contributed by atoms with van der Waals surface area (Å²) in [5.41, 5.74) is 1.82. The van der Waals surface area contributed by atoms with E-state index in [4.69, 9.17) is 0 Å². The molecule has 5 heteroatoms. The van der Waals surface area contributed by atoms with E-state index in [1.807, 2.05) is 25.1 Å². The zero-order valence-corrected chi connectivity index (χ0v) is 12.7. The van der Waals surface area contributed by atoms with Gasteiger partial charge in [0.15, 0.2) is 0 Å². The highest BCUT2D eigenvalue weighted by molar-refractivity contribution is 9.10. The van der Waals surface area contributed by atoms with E-state index in [-0.39, 0.29) is 24.4 Å². The molecular weight excluding hydrogens is 316 g/mol. The highest BCUT2D eigenvalue weighted by Gasteiger charge is 2.16. The van der Waals surface area contributed by atoms with Crippen LogP contribution in [0.5, 0.6) is 0 Å². The third kappa shape index (κ3) is 3.97. The molecule has 0 spiro atoms. The van der Waals surface area contributed by atoms with Gasteiger partial charge >= 0.3 is 0 Å². The van der Waals surface area contributed by atoms with Gasteiger partial charge in [0.1, 0.15) is 0 Å². The summed E-state index contributed by atoms with van der Waals surface area (Å²) in [5.74, 6) is 0.0225. The number of halogens is 2. The van der Waals surface area contributed by atoms with E-state index in [0.717, 1.165) is 41.5 Å². The minimum atomic E-state index is 0. The second kappa shape index (κ2) is 7.12. The van der Waals surface area contributed by atoms with Crippen LogP contribution < -0.4 is 10.6 Å². The maximum Gasteiger partial charge on any atom is 0.251 e. The number of amides is 1. The van der Waals surface area contributed by atoms with E-state index in [9.17, 15) is 4.79 Å². The number of nitrogens with one attached hydrogen (secondary N) is 2. The van der Waals surface area contributed by atoms with Crippen LogP contribution in [0.1, 0.15) is 28.8 Å². The van der Waals surface area contributed by atoms with E-state index in [1.165, 1.54) is 0 Å². The molecular formula is C13H18BrClN2O. The van der Waals surface area contributed by atoms with Crippen LogP contribution in [0.25, 0.3) is 0 Å². The van der Waals surface area contributed by atoms with Crippen molar-refractivity contribution in [1.82, 2.24) is 10.6 Å². The monoisotopic (exact) mass is 332 g/mol. The number of carbonyl (C=O) groups is 1. The first kappa shape index (κ1) is 15.5. The fraction of sp³-hybridized carbons (Fsp3) is 0.462. The Hall–Kier alpha value is -0.580. The van der Waals surface area contributed by atoms with Crippen LogP contribution in [-0.2, 0) is 0 Å². The van der Waals surface area contributed by atoms with Gasteiger partial charge < -0.3 is 10.6 Å². The number of hydrogen-bond acceptors (Lipinski definition) is 2. The van der Waals surface area contributed by atoms with E-state index < -0.39 is 0 Å². The number of rotatable bonds is 2. The smallest absolute Gasteiger partial charge is 0.251 e. The molecule has 1 aromatic rings. The van der Waals surface area contributed by atoms with Gasteiger partial charge in [-0.05, 0) is 50.1 Å². The summed E-state index contributed by atoms with van der Waals surface area (Å²) in [6.07, 6.45) is 2.19. The molecule has 100 valence electrons. The summed E-state index contributed by atoms with van der Waals surface area (Å²) < 4.78 is 1.04. The molecule has 1 aliphatic heterocycles. The second-order valence-corrected chi connectivity index (χ2v) is 5.34. The highest BCUT2D eigenvalue weighted by atomic mass is 79.9. The molecule has 0 radical (unpaired) electrons. The van der Waals surface area contributed by atoms with Crippen molar-refractivity contribution in [3.8, 4) is 0 Å². The number of hydrogen-bond donors (Lipinski definition) is 2. The van der Waals surface area contributed by atoms with Crippen LogP contribution in [0.2, 0.25) is 0 Å². The largest absolute Gasteiger partial charge is 0.348 e. The molecule has 0 aromatic heterocycles. The van der Waals surface area contributed by atoms with Gasteiger partial charge in [-0.2, -0.15) is 0 Å². The molecule has 3 nitrogen and oxygen atoms in total. The Kier molecular flexibility index (Phi) is 6.12. The van der Waals surface area contributed by atoms with Crippen molar-refractivity contribution in [3.05, 3.63) is 33.8 Å². The van der Waals surface area contributed by atoms with Crippen molar-refractivity contribution in [3.63, 3.8) is 0 Å². The summed E-state index contributed by atoms with van der Waals surface area (Å²) in [4.78, 5) is 12.0. The fourth-order valence-electron chi connectivity index (χ4n) is 2.03. The maximum absolute atomic E-state index is 12.0. The van der Waals surface area contributed by atoms with Crippen molar-refractivity contribution < 1.29 is 4.79 Å². The fourth-order valence-corrected chi connectivity index (χ4v) is 2.28. The summed E-state index contributed by atoms with van der Waals surface area (Å²) in [5, 5.41) is 6.36. The first-order valence-corrected chi connectivity index (χ1v) is 6.74. The van der Waals surface area contributed by atoms with Crippen molar-refractivity contribution in [2.75, 3.05) is 13.1 Å². The quantitative estimate of drug-likeness (QED) is 0.873. The van der Waals surface area contributed by atoms with Crippen molar-refractivity contribution in [1.29, 1.82) is 0 Å². The number of piperidine rings is 1. The first-order valence-electron chi connectivity index (χ1n) is 5.94. The van der Waals surface area contributed by atoms with Crippen molar-refractivity contribution in [2.24, 2.45) is 0 Å². The molecule has 1 saturated heterocycles. The Labute approximate surface area is 122 Å². The van der Waals surface area contributed by atoms with Crippen LogP contribution in [0.4, 0.5) is 0 Å². The minimum Gasteiger partial charge on any atom is -0.348 e. The molecule has 0 bridgehead atoms. The van der Waals surface area contributed by atoms with Crippen LogP contribution in [0.3, 0.4) is 0 Å². The molecule has 1 aliphatic rings. The molecule has 1 aromatic carbocycles. The van der Waals surface area contributed by atoms with Crippen LogP contribution in [0, 0.1) is 6.92 Å². The molecule has 1 heterocycles. The van der Waals surface area contributed by atoms with Crippen LogP contribution >= 0.6 is 28.3 Å². The first-order chi connectivity index (χ1) is 8.16. The Balaban J connectivity index is 0.00000162. The van der Waals surface area contributed by atoms with Gasteiger partial charge in [0, 0.05) is 22.6 Å². The third-order valence-electron chi connectivity index (χ3n) is 3.05. The number of benzene rings is 1. The lowest BCUT2D eigenvalue weighted by atomic mass is 10.1. The summed E-state index contributed by atoms with van der Waals surface area (Å²) in [6.45, 7) is 3.92. The lowest BCUT2D eigenvalue weighted by Gasteiger charge is -2.23. The van der Waals surface area contributed by atoms with E-state index in [0.29, 0.717) is 0 Å². The molecule has 2 rings (SSSR count). The molecule has 0 saturated carbocycles. The predicted molar refractivity (Wildman–Crippen MR) is 79.5 cm³/mol. The standard InChI is InChI=1S/C13H17BrN2O.ClH/c1-9-7-10(4-5-12(9)14)13(17)16-11-3-2-6-15-8-11;/h4-5,7,11,15H,2-3,6,8H2,1H3,(H,16,17);1H/t11-;/m1./s1. The average Bonchev–Trinajstić information content (AvgIpc) is 2.34. The number of aryl methyl sites for hydroxylation is 1. The lowest BCUT2D eigenvalue weighted by molar-refractivity contribution is 0.0930. The van der Waals surface area contributed by atoms with E-state index >= 15 is 0 Å². The Morgan fingerprint density at radius 2 is 2.28 bits per heavy atom. The van der Waals surface area contributed by atoms with Crippen LogP contribution in [-0.4, -0.2) is 25.0 Å².